The molecule has 0 aromatic heterocycles. The minimum Gasteiger partial charge on any atom is -0.493 e. The molecule has 0 radical (unpaired) electrons. The van der Waals surface area contributed by atoms with Crippen LogP contribution in [0.1, 0.15) is 32.3 Å². The molecular weight excluding hydrogens is 400 g/mol. The van der Waals surface area contributed by atoms with Crippen LogP contribution in [0.25, 0.3) is 5.57 Å². The van der Waals surface area contributed by atoms with Gasteiger partial charge in [-0.1, -0.05) is 38.1 Å². The Bertz CT molecular complexity index is 1040. The van der Waals surface area contributed by atoms with Gasteiger partial charge >= 0.3 is 0 Å². The molecule has 1 unspecified atom stereocenters. The number of nitrogens with zero attached hydrogens (tertiary/aromatic N) is 2. The zero-order valence-electron chi connectivity index (χ0n) is 19.4. The molecule has 0 fully saturated rings. The lowest BCUT2D eigenvalue weighted by molar-refractivity contribution is -0.122. The summed E-state index contributed by atoms with van der Waals surface area (Å²) in [5.41, 5.74) is 5.37. The molecule has 32 heavy (non-hydrogen) atoms. The lowest BCUT2D eigenvalue weighted by Crippen LogP contribution is -2.30. The Morgan fingerprint density at radius 3 is 2.59 bits per heavy atom. The van der Waals surface area contributed by atoms with Crippen molar-refractivity contribution in [1.29, 1.82) is 0 Å². The van der Waals surface area contributed by atoms with Crippen molar-refractivity contribution in [3.63, 3.8) is 0 Å². The standard InChI is InChI=1S/C27H32N2O3/c1-5-28-14-12-20(13-15-28)22-7-10-23-9-6-19(2)24(17-27(30)29(23)18-22)21-8-11-25(31-3)26(16-21)32-4/h7-12,16-19H,5-6,13-15H2,1-4H3. The largest absolute Gasteiger partial charge is 0.493 e. The van der Waals surface area contributed by atoms with E-state index in [4.69, 9.17) is 9.47 Å². The van der Waals surface area contributed by atoms with Crippen molar-refractivity contribution in [2.24, 2.45) is 5.92 Å². The van der Waals surface area contributed by atoms with Crippen LogP contribution < -0.4 is 9.47 Å². The minimum atomic E-state index is -0.0268. The lowest BCUT2D eigenvalue weighted by atomic mass is 9.88. The number of carbonyl (C=O) groups is 1. The van der Waals surface area contributed by atoms with Crippen LogP contribution in [0.4, 0.5) is 0 Å². The summed E-state index contributed by atoms with van der Waals surface area (Å²) in [4.78, 5) is 17.6. The number of hydrogen-bond acceptors (Lipinski definition) is 4. The normalized spacial score (nSPS) is 21.6. The number of allylic oxidation sites excluding steroid dienone is 5. The van der Waals surface area contributed by atoms with Crippen molar-refractivity contribution in [1.82, 2.24) is 9.80 Å². The molecule has 1 atom stereocenters. The van der Waals surface area contributed by atoms with Crippen LogP contribution in [0.15, 0.2) is 71.6 Å². The molecule has 5 heteroatoms. The van der Waals surface area contributed by atoms with Gasteiger partial charge in [-0.2, -0.15) is 0 Å². The van der Waals surface area contributed by atoms with Crippen molar-refractivity contribution in [3.8, 4) is 11.5 Å². The second-order valence-electron chi connectivity index (χ2n) is 8.43. The molecule has 5 nitrogen and oxygen atoms in total. The monoisotopic (exact) mass is 432 g/mol. The first-order chi connectivity index (χ1) is 15.5. The van der Waals surface area contributed by atoms with Crippen molar-refractivity contribution < 1.29 is 14.3 Å². The molecule has 0 N–H and O–H groups in total. The fourth-order valence-electron chi connectivity index (χ4n) is 4.47. The average molecular weight is 433 g/mol. The van der Waals surface area contributed by atoms with Gasteiger partial charge in [0.25, 0.3) is 5.91 Å². The fourth-order valence-corrected chi connectivity index (χ4v) is 4.47. The van der Waals surface area contributed by atoms with Crippen LogP contribution in [0.2, 0.25) is 0 Å². The highest BCUT2D eigenvalue weighted by atomic mass is 16.5. The zero-order valence-corrected chi connectivity index (χ0v) is 19.4. The van der Waals surface area contributed by atoms with Gasteiger partial charge in [0.15, 0.2) is 11.5 Å². The third kappa shape index (κ3) is 4.44. The summed E-state index contributed by atoms with van der Waals surface area (Å²) in [6.07, 6.45) is 14.3. The first-order valence-corrected chi connectivity index (χ1v) is 11.3. The number of rotatable bonds is 5. The van der Waals surface area contributed by atoms with Gasteiger partial charge in [0.2, 0.25) is 0 Å². The van der Waals surface area contributed by atoms with Crippen LogP contribution in [0, 0.1) is 5.92 Å². The van der Waals surface area contributed by atoms with Gasteiger partial charge in [-0.05, 0) is 65.8 Å². The topological polar surface area (TPSA) is 42.0 Å². The van der Waals surface area contributed by atoms with Gasteiger partial charge < -0.3 is 9.47 Å². The average Bonchev–Trinajstić information content (AvgIpc) is 2.84. The number of benzene rings is 1. The highest BCUT2D eigenvalue weighted by Gasteiger charge is 2.24. The SMILES string of the molecule is CCN1CC=C(C2=CN3C(=O)C=C(c4ccc(OC)c(OC)c4)C(C)CC=C3C=C2)CC1. The Labute approximate surface area is 191 Å². The van der Waals surface area contributed by atoms with Crippen molar-refractivity contribution in [2.75, 3.05) is 33.9 Å². The molecule has 0 spiro atoms. The van der Waals surface area contributed by atoms with E-state index in [0.717, 1.165) is 54.9 Å². The molecule has 0 aliphatic carbocycles. The van der Waals surface area contributed by atoms with Crippen molar-refractivity contribution in [2.45, 2.75) is 26.7 Å². The Hall–Kier alpha value is -3.05. The number of carbonyl (C=O) groups excluding carboxylic acids is 1. The summed E-state index contributed by atoms with van der Waals surface area (Å²) in [6, 6.07) is 5.83. The Morgan fingerprint density at radius 2 is 1.91 bits per heavy atom. The molecule has 4 rings (SSSR count). The summed E-state index contributed by atoms with van der Waals surface area (Å²) in [5.74, 6) is 1.52. The molecule has 1 aromatic carbocycles. The molecular formula is C27H32N2O3. The summed E-state index contributed by atoms with van der Waals surface area (Å²) < 4.78 is 10.9. The van der Waals surface area contributed by atoms with Crippen molar-refractivity contribution in [3.05, 3.63) is 77.2 Å². The van der Waals surface area contributed by atoms with Crippen LogP contribution in [0.3, 0.4) is 0 Å². The Balaban J connectivity index is 1.65. The van der Waals surface area contributed by atoms with Crippen LogP contribution in [0.5, 0.6) is 11.5 Å². The van der Waals surface area contributed by atoms with E-state index in [1.54, 1.807) is 25.2 Å². The highest BCUT2D eigenvalue weighted by Crippen LogP contribution is 2.36. The maximum atomic E-state index is 13.4. The molecule has 0 saturated carbocycles. The zero-order chi connectivity index (χ0) is 22.7. The van der Waals surface area contributed by atoms with Crippen LogP contribution in [-0.4, -0.2) is 49.6 Å². The smallest absolute Gasteiger partial charge is 0.255 e. The van der Waals surface area contributed by atoms with E-state index in [0.29, 0.717) is 11.5 Å². The Kier molecular flexibility index (Phi) is 6.66. The van der Waals surface area contributed by atoms with E-state index in [-0.39, 0.29) is 11.8 Å². The first-order valence-electron chi connectivity index (χ1n) is 11.3. The lowest BCUT2D eigenvalue weighted by Gasteiger charge is -2.30. The summed E-state index contributed by atoms with van der Waals surface area (Å²) in [6.45, 7) is 7.44. The molecule has 3 heterocycles. The van der Waals surface area contributed by atoms with Crippen LogP contribution >= 0.6 is 0 Å². The summed E-state index contributed by atoms with van der Waals surface area (Å²) >= 11 is 0. The van der Waals surface area contributed by atoms with Gasteiger partial charge in [-0.15, -0.1) is 0 Å². The van der Waals surface area contributed by atoms with E-state index in [2.05, 4.69) is 43.1 Å². The summed E-state index contributed by atoms with van der Waals surface area (Å²) in [7, 11) is 3.25. The van der Waals surface area contributed by atoms with Gasteiger partial charge in [0.1, 0.15) is 0 Å². The number of fused-ring (bicyclic) bond motifs is 1. The fraction of sp³-hybridized carbons (Fsp3) is 0.370. The van der Waals surface area contributed by atoms with Gasteiger partial charge in [0, 0.05) is 31.1 Å². The highest BCUT2D eigenvalue weighted by molar-refractivity contribution is 5.98. The Morgan fingerprint density at radius 1 is 1.09 bits per heavy atom. The van der Waals surface area contributed by atoms with E-state index >= 15 is 0 Å². The quantitative estimate of drug-likeness (QED) is 0.661. The van der Waals surface area contributed by atoms with Crippen LogP contribution in [-0.2, 0) is 4.79 Å². The maximum Gasteiger partial charge on any atom is 0.255 e. The van der Waals surface area contributed by atoms with Gasteiger partial charge in [0.05, 0.1) is 14.2 Å². The number of hydrogen-bond donors (Lipinski definition) is 0. The number of likely N-dealkylation sites (N-methyl/N-ethyl adjacent to an activating group) is 1. The molecule has 3 aliphatic heterocycles. The molecule has 0 bridgehead atoms. The second kappa shape index (κ2) is 9.61. The third-order valence-corrected chi connectivity index (χ3v) is 6.54. The third-order valence-electron chi connectivity index (χ3n) is 6.54. The maximum absolute atomic E-state index is 13.4. The minimum absolute atomic E-state index is 0.0268. The summed E-state index contributed by atoms with van der Waals surface area (Å²) in [5, 5.41) is 0. The van der Waals surface area contributed by atoms with Crippen molar-refractivity contribution >= 4 is 11.5 Å². The number of ether oxygens (including phenoxy) is 2. The number of methoxy groups -OCH3 is 2. The molecule has 1 amide bonds. The number of amides is 1. The van der Waals surface area contributed by atoms with E-state index in [1.807, 2.05) is 24.4 Å². The van der Waals surface area contributed by atoms with E-state index in [9.17, 15) is 4.79 Å². The van der Waals surface area contributed by atoms with E-state index in [1.165, 1.54) is 5.57 Å². The predicted molar refractivity (Wildman–Crippen MR) is 128 cm³/mol. The van der Waals surface area contributed by atoms with Gasteiger partial charge in [-0.25, -0.2) is 0 Å². The molecule has 3 aliphatic rings. The second-order valence-corrected chi connectivity index (χ2v) is 8.43. The van der Waals surface area contributed by atoms with Gasteiger partial charge in [-0.3, -0.25) is 14.6 Å². The first kappa shape index (κ1) is 22.2. The predicted octanol–water partition coefficient (Wildman–Crippen LogP) is 4.95. The molecule has 1 aromatic rings. The van der Waals surface area contributed by atoms with E-state index < -0.39 is 0 Å². The molecule has 0 saturated heterocycles. The molecule has 168 valence electrons.